The third kappa shape index (κ3) is 2.71. The summed E-state index contributed by atoms with van der Waals surface area (Å²) in [7, 11) is -1.61. The van der Waals surface area contributed by atoms with Crippen LogP contribution in [0.3, 0.4) is 0 Å². The van der Waals surface area contributed by atoms with E-state index in [1.807, 2.05) is 18.2 Å². The Balaban J connectivity index is 2.85. The second kappa shape index (κ2) is 3.98. The smallest absolute Gasteiger partial charge is 0.211 e. The molecule has 0 aliphatic rings. The van der Waals surface area contributed by atoms with Crippen LogP contribution in [0.25, 0.3) is 0 Å². The van der Waals surface area contributed by atoms with Gasteiger partial charge in [0.2, 0.25) is 10.0 Å². The molecule has 1 aromatic carbocycles. The van der Waals surface area contributed by atoms with Crippen LogP contribution in [-0.2, 0) is 16.6 Å². The molecule has 1 rings (SSSR count). The van der Waals surface area contributed by atoms with Crippen LogP contribution in [-0.4, -0.2) is 26.0 Å². The zero-order valence-electron chi connectivity index (χ0n) is 8.27. The Bertz CT molecular complexity index is 415. The second-order valence-electron chi connectivity index (χ2n) is 3.22. The standard InChI is InChI=1S/C9H14N2O2S/c1-11(14(2,12)13)7-8-5-3-4-6-9(8)10/h3-6H,7,10H2,1-2H3. The molecule has 78 valence electrons. The van der Waals surface area contributed by atoms with E-state index in [9.17, 15) is 8.42 Å². The molecule has 0 unspecified atom stereocenters. The minimum atomic E-state index is -3.14. The van der Waals surface area contributed by atoms with Crippen LogP contribution in [0, 0.1) is 0 Å². The number of rotatable bonds is 3. The Morgan fingerprint density at radius 3 is 2.43 bits per heavy atom. The Labute approximate surface area is 84.4 Å². The van der Waals surface area contributed by atoms with E-state index in [0.29, 0.717) is 12.2 Å². The summed E-state index contributed by atoms with van der Waals surface area (Å²) in [6.07, 6.45) is 1.17. The number of nitrogen functional groups attached to an aromatic ring is 1. The van der Waals surface area contributed by atoms with E-state index in [0.717, 1.165) is 5.56 Å². The second-order valence-corrected chi connectivity index (χ2v) is 5.31. The molecule has 0 heterocycles. The molecule has 0 fully saturated rings. The van der Waals surface area contributed by atoms with Gasteiger partial charge in [-0.15, -0.1) is 0 Å². The predicted molar refractivity (Wildman–Crippen MR) is 57.2 cm³/mol. The van der Waals surface area contributed by atoms with Gasteiger partial charge in [0.1, 0.15) is 0 Å². The highest BCUT2D eigenvalue weighted by Crippen LogP contribution is 2.13. The van der Waals surface area contributed by atoms with Crippen LogP contribution in [0.2, 0.25) is 0 Å². The van der Waals surface area contributed by atoms with Crippen LogP contribution < -0.4 is 5.73 Å². The number of nitrogens with zero attached hydrogens (tertiary/aromatic N) is 1. The number of benzene rings is 1. The molecule has 14 heavy (non-hydrogen) atoms. The Morgan fingerprint density at radius 1 is 1.36 bits per heavy atom. The molecule has 0 spiro atoms. The molecule has 4 nitrogen and oxygen atoms in total. The van der Waals surface area contributed by atoms with Gasteiger partial charge < -0.3 is 5.73 Å². The number of nitrogens with two attached hydrogens (primary N) is 1. The van der Waals surface area contributed by atoms with Crippen molar-refractivity contribution in [1.82, 2.24) is 4.31 Å². The van der Waals surface area contributed by atoms with Gasteiger partial charge in [-0.1, -0.05) is 18.2 Å². The van der Waals surface area contributed by atoms with Crippen LogP contribution in [0.15, 0.2) is 24.3 Å². The lowest BCUT2D eigenvalue weighted by molar-refractivity contribution is 0.473. The summed E-state index contributed by atoms with van der Waals surface area (Å²) < 4.78 is 23.5. The molecule has 0 radical (unpaired) electrons. The van der Waals surface area contributed by atoms with Crippen LogP contribution in [0.5, 0.6) is 0 Å². The van der Waals surface area contributed by atoms with Crippen molar-refractivity contribution in [2.45, 2.75) is 6.54 Å². The average Bonchev–Trinajstić information content (AvgIpc) is 2.07. The fourth-order valence-corrected chi connectivity index (χ4v) is 1.41. The third-order valence-electron chi connectivity index (χ3n) is 2.01. The van der Waals surface area contributed by atoms with Gasteiger partial charge in [-0.3, -0.25) is 0 Å². The van der Waals surface area contributed by atoms with Crippen LogP contribution in [0.1, 0.15) is 5.56 Å². The number of sulfonamides is 1. The van der Waals surface area contributed by atoms with Crippen molar-refractivity contribution in [3.8, 4) is 0 Å². The first-order chi connectivity index (χ1) is 6.41. The predicted octanol–water partition coefficient (Wildman–Crippen LogP) is 0.660. The van der Waals surface area contributed by atoms with E-state index in [2.05, 4.69) is 0 Å². The van der Waals surface area contributed by atoms with Gasteiger partial charge in [0.15, 0.2) is 0 Å². The minimum absolute atomic E-state index is 0.311. The molecule has 0 saturated heterocycles. The SMILES string of the molecule is CN(Cc1ccccc1N)S(C)(=O)=O. The Kier molecular flexibility index (Phi) is 3.13. The summed E-state index contributed by atoms with van der Waals surface area (Å²) in [5.41, 5.74) is 7.12. The van der Waals surface area contributed by atoms with Gasteiger partial charge >= 0.3 is 0 Å². The highest BCUT2D eigenvalue weighted by atomic mass is 32.2. The van der Waals surface area contributed by atoms with Crippen molar-refractivity contribution in [2.75, 3.05) is 19.0 Å². The van der Waals surface area contributed by atoms with Gasteiger partial charge in [0.25, 0.3) is 0 Å². The summed E-state index contributed by atoms with van der Waals surface area (Å²) in [6, 6.07) is 7.23. The molecule has 0 aliphatic carbocycles. The topological polar surface area (TPSA) is 63.4 Å². The lowest BCUT2D eigenvalue weighted by Crippen LogP contribution is -2.25. The largest absolute Gasteiger partial charge is 0.398 e. The molecule has 1 aromatic rings. The molecule has 5 heteroatoms. The van der Waals surface area contributed by atoms with Crippen LogP contribution >= 0.6 is 0 Å². The molecule has 0 atom stereocenters. The van der Waals surface area contributed by atoms with Crippen molar-refractivity contribution < 1.29 is 8.42 Å². The molecular weight excluding hydrogens is 200 g/mol. The first kappa shape index (κ1) is 11.0. The quantitative estimate of drug-likeness (QED) is 0.752. The number of hydrogen-bond acceptors (Lipinski definition) is 3. The average molecular weight is 214 g/mol. The van der Waals surface area contributed by atoms with Gasteiger partial charge in [0, 0.05) is 19.3 Å². The molecule has 0 saturated carbocycles. The zero-order valence-corrected chi connectivity index (χ0v) is 9.08. The molecule has 0 aromatic heterocycles. The van der Waals surface area contributed by atoms with Crippen molar-refractivity contribution in [3.05, 3.63) is 29.8 Å². The van der Waals surface area contributed by atoms with Gasteiger partial charge in [-0.2, -0.15) is 0 Å². The van der Waals surface area contributed by atoms with Crippen molar-refractivity contribution in [1.29, 1.82) is 0 Å². The van der Waals surface area contributed by atoms with Gasteiger partial charge in [-0.25, -0.2) is 12.7 Å². The third-order valence-corrected chi connectivity index (χ3v) is 3.28. The number of para-hydroxylation sites is 1. The molecule has 2 N–H and O–H groups in total. The monoisotopic (exact) mass is 214 g/mol. The van der Waals surface area contributed by atoms with Crippen molar-refractivity contribution in [2.24, 2.45) is 0 Å². The van der Waals surface area contributed by atoms with E-state index in [4.69, 9.17) is 5.73 Å². The van der Waals surface area contributed by atoms with Crippen molar-refractivity contribution >= 4 is 15.7 Å². The highest BCUT2D eigenvalue weighted by molar-refractivity contribution is 7.88. The van der Waals surface area contributed by atoms with Gasteiger partial charge in [-0.05, 0) is 11.6 Å². The normalized spacial score (nSPS) is 11.9. The summed E-state index contributed by atoms with van der Waals surface area (Å²) in [6.45, 7) is 0.311. The van der Waals surface area contributed by atoms with E-state index in [-0.39, 0.29) is 0 Å². The van der Waals surface area contributed by atoms with Crippen molar-refractivity contribution in [3.63, 3.8) is 0 Å². The lowest BCUT2D eigenvalue weighted by atomic mass is 10.2. The van der Waals surface area contributed by atoms with E-state index in [1.54, 1.807) is 6.07 Å². The number of hydrogen-bond donors (Lipinski definition) is 1. The fourth-order valence-electron chi connectivity index (χ4n) is 1.04. The molecule has 0 bridgehead atoms. The fraction of sp³-hybridized carbons (Fsp3) is 0.333. The maximum atomic E-state index is 11.1. The number of anilines is 1. The maximum Gasteiger partial charge on any atom is 0.211 e. The Hall–Kier alpha value is -1.07. The van der Waals surface area contributed by atoms with Gasteiger partial charge in [0.05, 0.1) is 6.26 Å². The van der Waals surface area contributed by atoms with Crippen LogP contribution in [0.4, 0.5) is 5.69 Å². The zero-order chi connectivity index (χ0) is 10.8. The first-order valence-electron chi connectivity index (χ1n) is 4.16. The molecule has 0 aliphatic heterocycles. The summed E-state index contributed by atoms with van der Waals surface area (Å²) in [4.78, 5) is 0. The minimum Gasteiger partial charge on any atom is -0.398 e. The molecular formula is C9H14N2O2S. The summed E-state index contributed by atoms with van der Waals surface area (Å²) in [5, 5.41) is 0. The first-order valence-corrected chi connectivity index (χ1v) is 6.01. The highest BCUT2D eigenvalue weighted by Gasteiger charge is 2.11. The maximum absolute atomic E-state index is 11.1. The molecule has 0 amide bonds. The van der Waals surface area contributed by atoms with E-state index >= 15 is 0 Å². The Morgan fingerprint density at radius 2 is 1.93 bits per heavy atom. The van der Waals surface area contributed by atoms with E-state index < -0.39 is 10.0 Å². The lowest BCUT2D eigenvalue weighted by Gasteiger charge is -2.14. The van der Waals surface area contributed by atoms with E-state index in [1.165, 1.54) is 17.6 Å². The summed E-state index contributed by atoms with van der Waals surface area (Å²) in [5.74, 6) is 0. The summed E-state index contributed by atoms with van der Waals surface area (Å²) >= 11 is 0.